The highest BCUT2D eigenvalue weighted by Gasteiger charge is 2.22. The molecule has 0 saturated heterocycles. The van der Waals surface area contributed by atoms with Crippen molar-refractivity contribution >= 4 is 29.3 Å². The van der Waals surface area contributed by atoms with E-state index >= 15 is 0 Å². The minimum absolute atomic E-state index is 0.296. The molecule has 1 amide bonds. The molecule has 0 aromatic heterocycles. The van der Waals surface area contributed by atoms with Gasteiger partial charge in [0, 0.05) is 23.9 Å². The van der Waals surface area contributed by atoms with Crippen molar-refractivity contribution in [3.63, 3.8) is 0 Å². The third-order valence-corrected chi connectivity index (χ3v) is 3.70. The Hall–Kier alpha value is -2.66. The highest BCUT2D eigenvalue weighted by Crippen LogP contribution is 2.22. The average Bonchev–Trinajstić information content (AvgIpc) is 2.54. The van der Waals surface area contributed by atoms with Crippen molar-refractivity contribution in [2.24, 2.45) is 0 Å². The summed E-state index contributed by atoms with van der Waals surface area (Å²) in [5.41, 5.74) is 2.27. The molecule has 0 saturated carbocycles. The largest absolute Gasteiger partial charge is 0.480 e. The van der Waals surface area contributed by atoms with Gasteiger partial charge in [-0.15, -0.1) is 0 Å². The number of nitrogens with one attached hydrogen (secondary N) is 1. The lowest BCUT2D eigenvalue weighted by Gasteiger charge is -2.12. The summed E-state index contributed by atoms with van der Waals surface area (Å²) in [6.45, 7) is 1.21. The second-order valence-corrected chi connectivity index (χ2v) is 5.74. The molecule has 2 aromatic carbocycles. The van der Waals surface area contributed by atoms with Crippen molar-refractivity contribution in [2.45, 2.75) is 19.4 Å². The SMILES string of the molecule is CC(=O)NC(CC(=O)c1ccc(-c2ccc(Cl)cc2)cc1)C(=O)O. The van der Waals surface area contributed by atoms with Crippen LogP contribution in [0.4, 0.5) is 0 Å². The lowest BCUT2D eigenvalue weighted by molar-refractivity contribution is -0.141. The summed E-state index contributed by atoms with van der Waals surface area (Å²) in [5, 5.41) is 11.9. The Morgan fingerprint density at radius 1 is 1.00 bits per heavy atom. The lowest BCUT2D eigenvalue weighted by atomic mass is 9.99. The van der Waals surface area contributed by atoms with Gasteiger partial charge in [0.15, 0.2) is 5.78 Å². The van der Waals surface area contributed by atoms with Crippen LogP contribution < -0.4 is 5.32 Å². The standard InChI is InChI=1S/C18H16ClNO4/c1-11(21)20-16(18(23)24)10-17(22)14-4-2-12(3-5-14)13-6-8-15(19)9-7-13/h2-9,16H,10H2,1H3,(H,20,21)(H,23,24). The summed E-state index contributed by atoms with van der Waals surface area (Å²) >= 11 is 5.85. The smallest absolute Gasteiger partial charge is 0.326 e. The molecule has 0 heterocycles. The van der Waals surface area contributed by atoms with E-state index in [0.29, 0.717) is 10.6 Å². The van der Waals surface area contributed by atoms with Gasteiger partial charge in [-0.1, -0.05) is 48.0 Å². The zero-order valence-electron chi connectivity index (χ0n) is 13.0. The normalized spacial score (nSPS) is 11.6. The van der Waals surface area contributed by atoms with Crippen LogP contribution >= 0.6 is 11.6 Å². The quantitative estimate of drug-likeness (QED) is 0.788. The maximum Gasteiger partial charge on any atom is 0.326 e. The molecular weight excluding hydrogens is 330 g/mol. The number of hydrogen-bond donors (Lipinski definition) is 2. The summed E-state index contributed by atoms with van der Waals surface area (Å²) in [6.07, 6.45) is -0.296. The fourth-order valence-electron chi connectivity index (χ4n) is 2.24. The van der Waals surface area contributed by atoms with Gasteiger partial charge in [-0.25, -0.2) is 4.79 Å². The van der Waals surface area contributed by atoms with Crippen LogP contribution in [0, 0.1) is 0 Å². The molecule has 0 radical (unpaired) electrons. The van der Waals surface area contributed by atoms with Crippen LogP contribution in [0.25, 0.3) is 11.1 Å². The molecular formula is C18H16ClNO4. The van der Waals surface area contributed by atoms with Crippen LogP contribution in [0.3, 0.4) is 0 Å². The molecule has 0 aliphatic rings. The van der Waals surface area contributed by atoms with Crippen LogP contribution in [0.2, 0.25) is 5.02 Å². The van der Waals surface area contributed by atoms with E-state index in [1.54, 1.807) is 36.4 Å². The molecule has 6 heteroatoms. The topological polar surface area (TPSA) is 83.5 Å². The van der Waals surface area contributed by atoms with E-state index in [2.05, 4.69) is 5.32 Å². The molecule has 1 atom stereocenters. The van der Waals surface area contributed by atoms with Crippen molar-refractivity contribution < 1.29 is 19.5 Å². The molecule has 1 unspecified atom stereocenters. The van der Waals surface area contributed by atoms with Gasteiger partial charge in [0.1, 0.15) is 6.04 Å². The first kappa shape index (κ1) is 17.7. The number of ketones is 1. The first-order valence-electron chi connectivity index (χ1n) is 7.26. The molecule has 0 fully saturated rings. The van der Waals surface area contributed by atoms with Gasteiger partial charge in [-0.3, -0.25) is 9.59 Å². The van der Waals surface area contributed by atoms with Crippen LogP contribution in [0.1, 0.15) is 23.7 Å². The van der Waals surface area contributed by atoms with Gasteiger partial charge in [0.25, 0.3) is 0 Å². The first-order valence-corrected chi connectivity index (χ1v) is 7.63. The van der Waals surface area contributed by atoms with E-state index in [4.69, 9.17) is 16.7 Å². The molecule has 124 valence electrons. The van der Waals surface area contributed by atoms with E-state index in [-0.39, 0.29) is 12.2 Å². The third-order valence-electron chi connectivity index (χ3n) is 3.45. The van der Waals surface area contributed by atoms with E-state index in [1.165, 1.54) is 6.92 Å². The highest BCUT2D eigenvalue weighted by molar-refractivity contribution is 6.30. The zero-order chi connectivity index (χ0) is 17.7. The van der Waals surface area contributed by atoms with Crippen LogP contribution in [0.15, 0.2) is 48.5 Å². The Kier molecular flexibility index (Phi) is 5.71. The van der Waals surface area contributed by atoms with Gasteiger partial charge < -0.3 is 10.4 Å². The molecule has 24 heavy (non-hydrogen) atoms. The molecule has 0 bridgehead atoms. The molecule has 0 aliphatic heterocycles. The monoisotopic (exact) mass is 345 g/mol. The second kappa shape index (κ2) is 7.75. The minimum atomic E-state index is -1.24. The number of rotatable bonds is 6. The predicted octanol–water partition coefficient (Wildman–Crippen LogP) is 3.17. The Morgan fingerprint density at radius 2 is 1.50 bits per heavy atom. The average molecular weight is 346 g/mol. The number of hydrogen-bond acceptors (Lipinski definition) is 3. The first-order chi connectivity index (χ1) is 11.4. The second-order valence-electron chi connectivity index (χ2n) is 5.30. The van der Waals surface area contributed by atoms with E-state index < -0.39 is 17.9 Å². The number of carbonyl (C=O) groups excluding carboxylic acids is 2. The van der Waals surface area contributed by atoms with Crippen molar-refractivity contribution in [3.8, 4) is 11.1 Å². The van der Waals surface area contributed by atoms with Crippen molar-refractivity contribution in [1.82, 2.24) is 5.32 Å². The fraction of sp³-hybridized carbons (Fsp3) is 0.167. The Labute approximate surface area is 144 Å². The van der Waals surface area contributed by atoms with E-state index in [0.717, 1.165) is 11.1 Å². The molecule has 2 rings (SSSR count). The molecule has 0 aliphatic carbocycles. The Bertz CT molecular complexity index is 754. The number of aliphatic carboxylic acids is 1. The van der Waals surface area contributed by atoms with Gasteiger partial charge in [0.05, 0.1) is 0 Å². The summed E-state index contributed by atoms with van der Waals surface area (Å²) in [6, 6.07) is 12.9. The summed E-state index contributed by atoms with van der Waals surface area (Å²) < 4.78 is 0. The van der Waals surface area contributed by atoms with Crippen molar-refractivity contribution in [1.29, 1.82) is 0 Å². The van der Waals surface area contributed by atoms with Crippen molar-refractivity contribution in [3.05, 3.63) is 59.1 Å². The van der Waals surface area contributed by atoms with Gasteiger partial charge in [-0.05, 0) is 23.3 Å². The van der Waals surface area contributed by atoms with Gasteiger partial charge in [0.2, 0.25) is 5.91 Å². The van der Waals surface area contributed by atoms with Crippen LogP contribution in [0.5, 0.6) is 0 Å². The third kappa shape index (κ3) is 4.67. The number of carboxylic acids is 1. The van der Waals surface area contributed by atoms with Crippen LogP contribution in [-0.4, -0.2) is 28.8 Å². The number of Topliss-reactive ketones (excluding diaryl/α,β-unsaturated/α-hetero) is 1. The molecule has 5 nitrogen and oxygen atoms in total. The summed E-state index contributed by atoms with van der Waals surface area (Å²) in [5.74, 6) is -2.08. The number of carbonyl (C=O) groups is 3. The summed E-state index contributed by atoms with van der Waals surface area (Å²) in [7, 11) is 0. The van der Waals surface area contributed by atoms with Gasteiger partial charge >= 0.3 is 5.97 Å². The molecule has 2 N–H and O–H groups in total. The van der Waals surface area contributed by atoms with E-state index in [9.17, 15) is 14.4 Å². The highest BCUT2D eigenvalue weighted by atomic mass is 35.5. The zero-order valence-corrected chi connectivity index (χ0v) is 13.7. The fourth-order valence-corrected chi connectivity index (χ4v) is 2.37. The number of carboxylic acid groups (broad SMARTS) is 1. The van der Waals surface area contributed by atoms with Crippen LogP contribution in [-0.2, 0) is 9.59 Å². The molecule has 2 aromatic rings. The predicted molar refractivity (Wildman–Crippen MR) is 91.1 cm³/mol. The van der Waals surface area contributed by atoms with E-state index in [1.807, 2.05) is 12.1 Å². The van der Waals surface area contributed by atoms with Crippen molar-refractivity contribution in [2.75, 3.05) is 0 Å². The number of amides is 1. The number of benzene rings is 2. The minimum Gasteiger partial charge on any atom is -0.480 e. The Morgan fingerprint density at radius 3 is 1.96 bits per heavy atom. The van der Waals surface area contributed by atoms with Gasteiger partial charge in [-0.2, -0.15) is 0 Å². The maximum absolute atomic E-state index is 12.2. The molecule has 0 spiro atoms. The number of halogens is 1. The Balaban J connectivity index is 2.11. The lowest BCUT2D eigenvalue weighted by Crippen LogP contribution is -2.41. The maximum atomic E-state index is 12.2. The summed E-state index contributed by atoms with van der Waals surface area (Å²) in [4.78, 5) is 34.3.